The van der Waals surface area contributed by atoms with Gasteiger partial charge in [0.15, 0.2) is 0 Å². The first-order chi connectivity index (χ1) is 8.07. The molecular weight excluding hydrogens is 296 g/mol. The van der Waals surface area contributed by atoms with E-state index in [1.807, 2.05) is 0 Å². The molecule has 0 aromatic carbocycles. The van der Waals surface area contributed by atoms with Crippen molar-refractivity contribution in [1.29, 1.82) is 0 Å². The van der Waals surface area contributed by atoms with E-state index >= 15 is 0 Å². The molecule has 98 valence electrons. The van der Waals surface area contributed by atoms with Crippen LogP contribution in [-0.4, -0.2) is 24.0 Å². The fourth-order valence-electron chi connectivity index (χ4n) is 2.34. The van der Waals surface area contributed by atoms with Gasteiger partial charge in [0.1, 0.15) is 0 Å². The van der Waals surface area contributed by atoms with Crippen LogP contribution in [0, 0.1) is 0 Å². The molecule has 0 bridgehead atoms. The standard InChI is InChI=1S/C13H23BrN2S/c1-4-6-13(5-2,10-15)16(3)8-12-7-11(14)9-17-12/h7,9H,4-6,8,10,15H2,1-3H3. The summed E-state index contributed by atoms with van der Waals surface area (Å²) in [6, 6.07) is 2.20. The Morgan fingerprint density at radius 3 is 2.59 bits per heavy atom. The topological polar surface area (TPSA) is 29.3 Å². The van der Waals surface area contributed by atoms with Crippen molar-refractivity contribution in [2.45, 2.75) is 45.2 Å². The average molecular weight is 319 g/mol. The van der Waals surface area contributed by atoms with Gasteiger partial charge < -0.3 is 5.73 Å². The molecule has 0 saturated carbocycles. The van der Waals surface area contributed by atoms with Gasteiger partial charge in [0.2, 0.25) is 0 Å². The third-order valence-electron chi connectivity index (χ3n) is 3.58. The number of hydrogen-bond acceptors (Lipinski definition) is 3. The molecule has 17 heavy (non-hydrogen) atoms. The monoisotopic (exact) mass is 318 g/mol. The lowest BCUT2D eigenvalue weighted by molar-refractivity contribution is 0.103. The van der Waals surface area contributed by atoms with Crippen molar-refractivity contribution in [3.63, 3.8) is 0 Å². The number of thiophene rings is 1. The molecule has 0 amide bonds. The van der Waals surface area contributed by atoms with Crippen LogP contribution in [-0.2, 0) is 6.54 Å². The number of likely N-dealkylation sites (N-methyl/N-ethyl adjacent to an activating group) is 1. The Bertz CT molecular complexity index is 334. The highest BCUT2D eigenvalue weighted by molar-refractivity contribution is 9.10. The molecule has 1 aromatic heterocycles. The van der Waals surface area contributed by atoms with Crippen molar-refractivity contribution in [2.75, 3.05) is 13.6 Å². The summed E-state index contributed by atoms with van der Waals surface area (Å²) in [4.78, 5) is 3.82. The zero-order valence-corrected chi connectivity index (χ0v) is 13.4. The largest absolute Gasteiger partial charge is 0.329 e. The number of nitrogens with zero attached hydrogens (tertiary/aromatic N) is 1. The Labute approximate surface area is 117 Å². The summed E-state index contributed by atoms with van der Waals surface area (Å²) in [6.45, 7) is 6.20. The van der Waals surface area contributed by atoms with Crippen LogP contribution in [0.4, 0.5) is 0 Å². The van der Waals surface area contributed by atoms with E-state index < -0.39 is 0 Å². The molecule has 0 aliphatic heterocycles. The maximum Gasteiger partial charge on any atom is 0.0331 e. The van der Waals surface area contributed by atoms with Crippen molar-refractivity contribution < 1.29 is 0 Å². The summed E-state index contributed by atoms with van der Waals surface area (Å²) in [5.41, 5.74) is 6.17. The van der Waals surface area contributed by atoms with Gasteiger partial charge in [0.25, 0.3) is 0 Å². The Morgan fingerprint density at radius 1 is 1.47 bits per heavy atom. The van der Waals surface area contributed by atoms with Crippen molar-refractivity contribution in [2.24, 2.45) is 5.73 Å². The predicted octanol–water partition coefficient (Wildman–Crippen LogP) is 3.85. The van der Waals surface area contributed by atoms with Crippen LogP contribution in [0.25, 0.3) is 0 Å². The third kappa shape index (κ3) is 3.78. The minimum Gasteiger partial charge on any atom is -0.329 e. The average Bonchev–Trinajstić information content (AvgIpc) is 2.71. The second-order valence-corrected chi connectivity index (χ2v) is 6.53. The van der Waals surface area contributed by atoms with Crippen molar-refractivity contribution in [1.82, 2.24) is 4.90 Å². The molecule has 2 N–H and O–H groups in total. The predicted molar refractivity (Wildman–Crippen MR) is 80.5 cm³/mol. The maximum absolute atomic E-state index is 6.02. The highest BCUT2D eigenvalue weighted by atomic mass is 79.9. The molecule has 1 rings (SSSR count). The van der Waals surface area contributed by atoms with E-state index in [2.05, 4.69) is 53.2 Å². The van der Waals surface area contributed by atoms with Crippen LogP contribution < -0.4 is 5.73 Å². The lowest BCUT2D eigenvalue weighted by Gasteiger charge is -2.40. The van der Waals surface area contributed by atoms with E-state index in [1.165, 1.54) is 22.2 Å². The van der Waals surface area contributed by atoms with E-state index in [-0.39, 0.29) is 5.54 Å². The molecule has 0 aliphatic rings. The lowest BCUT2D eigenvalue weighted by atomic mass is 9.89. The molecule has 1 unspecified atom stereocenters. The minimum atomic E-state index is 0.158. The summed E-state index contributed by atoms with van der Waals surface area (Å²) >= 11 is 5.31. The smallest absolute Gasteiger partial charge is 0.0331 e. The molecule has 0 aliphatic carbocycles. The Kier molecular flexibility index (Phi) is 6.13. The van der Waals surface area contributed by atoms with Crippen LogP contribution in [0.15, 0.2) is 15.9 Å². The van der Waals surface area contributed by atoms with Gasteiger partial charge in [-0.05, 0) is 41.9 Å². The van der Waals surface area contributed by atoms with Crippen molar-refractivity contribution >= 4 is 27.3 Å². The van der Waals surface area contributed by atoms with Gasteiger partial charge in [0.05, 0.1) is 0 Å². The van der Waals surface area contributed by atoms with Crippen LogP contribution in [0.1, 0.15) is 38.0 Å². The molecule has 1 atom stereocenters. The molecule has 1 aromatic rings. The van der Waals surface area contributed by atoms with E-state index in [9.17, 15) is 0 Å². The quantitative estimate of drug-likeness (QED) is 0.827. The number of nitrogens with two attached hydrogens (primary N) is 1. The molecule has 0 radical (unpaired) electrons. The Balaban J connectivity index is 2.74. The van der Waals surface area contributed by atoms with Gasteiger partial charge in [0, 0.05) is 33.4 Å². The van der Waals surface area contributed by atoms with E-state index in [1.54, 1.807) is 11.3 Å². The van der Waals surface area contributed by atoms with Crippen molar-refractivity contribution in [3.05, 3.63) is 20.8 Å². The molecule has 2 nitrogen and oxygen atoms in total. The normalized spacial score (nSPS) is 15.2. The van der Waals surface area contributed by atoms with Crippen molar-refractivity contribution in [3.8, 4) is 0 Å². The van der Waals surface area contributed by atoms with Crippen LogP contribution in [0.3, 0.4) is 0 Å². The Hall–Kier alpha value is 0.1000. The summed E-state index contributed by atoms with van der Waals surface area (Å²) in [6.07, 6.45) is 3.47. The minimum absolute atomic E-state index is 0.158. The second-order valence-electron chi connectivity index (χ2n) is 4.62. The maximum atomic E-state index is 6.02. The number of halogens is 1. The Morgan fingerprint density at radius 2 is 2.18 bits per heavy atom. The van der Waals surface area contributed by atoms with Gasteiger partial charge >= 0.3 is 0 Å². The number of hydrogen-bond donors (Lipinski definition) is 1. The second kappa shape index (κ2) is 6.88. The van der Waals surface area contributed by atoms with Gasteiger partial charge in [-0.2, -0.15) is 0 Å². The first-order valence-corrected chi connectivity index (χ1v) is 7.89. The zero-order chi connectivity index (χ0) is 12.9. The lowest BCUT2D eigenvalue weighted by Crippen LogP contribution is -2.51. The van der Waals surface area contributed by atoms with Gasteiger partial charge in [-0.3, -0.25) is 4.90 Å². The number of rotatable bonds is 7. The SMILES string of the molecule is CCCC(CC)(CN)N(C)Cc1cc(Br)cs1. The summed E-state index contributed by atoms with van der Waals surface area (Å²) < 4.78 is 1.18. The van der Waals surface area contributed by atoms with Gasteiger partial charge in [-0.25, -0.2) is 0 Å². The first kappa shape index (κ1) is 15.2. The van der Waals surface area contributed by atoms with Crippen LogP contribution in [0.5, 0.6) is 0 Å². The first-order valence-electron chi connectivity index (χ1n) is 6.22. The highest BCUT2D eigenvalue weighted by Gasteiger charge is 2.30. The van der Waals surface area contributed by atoms with Crippen LogP contribution >= 0.6 is 27.3 Å². The van der Waals surface area contributed by atoms with Gasteiger partial charge in [-0.15, -0.1) is 11.3 Å². The highest BCUT2D eigenvalue weighted by Crippen LogP contribution is 2.28. The summed E-state index contributed by atoms with van der Waals surface area (Å²) in [5, 5.41) is 2.14. The molecule has 0 spiro atoms. The van der Waals surface area contributed by atoms with E-state index in [0.717, 1.165) is 19.5 Å². The fraction of sp³-hybridized carbons (Fsp3) is 0.692. The molecular formula is C13H23BrN2S. The zero-order valence-electron chi connectivity index (χ0n) is 11.0. The molecule has 1 heterocycles. The summed E-state index contributed by atoms with van der Waals surface area (Å²) in [7, 11) is 2.19. The van der Waals surface area contributed by atoms with E-state index in [4.69, 9.17) is 5.73 Å². The third-order valence-corrected chi connectivity index (χ3v) is 5.26. The summed E-state index contributed by atoms with van der Waals surface area (Å²) in [5.74, 6) is 0. The molecule has 0 saturated heterocycles. The van der Waals surface area contributed by atoms with Crippen LogP contribution in [0.2, 0.25) is 0 Å². The molecule has 0 fully saturated rings. The van der Waals surface area contributed by atoms with E-state index in [0.29, 0.717) is 0 Å². The molecule has 4 heteroatoms. The fourth-order valence-corrected chi connectivity index (χ4v) is 3.85. The van der Waals surface area contributed by atoms with Gasteiger partial charge in [-0.1, -0.05) is 20.3 Å².